The van der Waals surface area contributed by atoms with E-state index in [9.17, 15) is 0 Å². The zero-order valence-corrected chi connectivity index (χ0v) is 11.1. The first-order valence-corrected chi connectivity index (χ1v) is 6.39. The van der Waals surface area contributed by atoms with E-state index in [0.717, 1.165) is 22.1 Å². The largest absolute Gasteiger partial charge is 0.397 e. The van der Waals surface area contributed by atoms with Gasteiger partial charge in [-0.25, -0.2) is 0 Å². The Morgan fingerprint density at radius 2 is 2.20 bits per heavy atom. The Labute approximate surface area is 116 Å². The van der Waals surface area contributed by atoms with Gasteiger partial charge in [0.15, 0.2) is 5.82 Å². The molecular weight excluding hydrogens is 254 g/mol. The monoisotopic (exact) mass is 269 g/mol. The minimum atomic E-state index is 0.581. The van der Waals surface area contributed by atoms with E-state index in [1.54, 1.807) is 19.3 Å². The molecule has 0 unspecified atom stereocenters. The molecule has 0 fully saturated rings. The number of nitrogens with two attached hydrogens (primary N) is 1. The van der Waals surface area contributed by atoms with Gasteiger partial charge < -0.3 is 15.6 Å². The molecule has 2 aromatic heterocycles. The van der Waals surface area contributed by atoms with Gasteiger partial charge >= 0.3 is 0 Å². The average molecular weight is 269 g/mol. The molecule has 0 atom stereocenters. The SMILES string of the molecule is Cc1nc(CCNc2ccc3cnccc3c2N)no1. The van der Waals surface area contributed by atoms with Crippen molar-refractivity contribution in [1.29, 1.82) is 0 Å². The van der Waals surface area contributed by atoms with Gasteiger partial charge in [0.05, 0.1) is 11.4 Å². The number of hydrogen-bond donors (Lipinski definition) is 2. The summed E-state index contributed by atoms with van der Waals surface area (Å²) in [4.78, 5) is 8.24. The molecule has 6 heteroatoms. The van der Waals surface area contributed by atoms with Crippen LogP contribution in [0, 0.1) is 6.92 Å². The summed E-state index contributed by atoms with van der Waals surface area (Å²) >= 11 is 0. The average Bonchev–Trinajstić information content (AvgIpc) is 2.87. The van der Waals surface area contributed by atoms with E-state index in [4.69, 9.17) is 10.3 Å². The highest BCUT2D eigenvalue weighted by atomic mass is 16.5. The van der Waals surface area contributed by atoms with Crippen molar-refractivity contribution in [2.45, 2.75) is 13.3 Å². The smallest absolute Gasteiger partial charge is 0.223 e. The van der Waals surface area contributed by atoms with Crippen molar-refractivity contribution in [3.05, 3.63) is 42.3 Å². The van der Waals surface area contributed by atoms with Gasteiger partial charge in [0.1, 0.15) is 0 Å². The van der Waals surface area contributed by atoms with Gasteiger partial charge in [-0.15, -0.1) is 0 Å². The number of pyridine rings is 1. The quantitative estimate of drug-likeness (QED) is 0.705. The highest BCUT2D eigenvalue weighted by molar-refractivity contribution is 5.98. The second-order valence-corrected chi connectivity index (χ2v) is 4.53. The van der Waals surface area contributed by atoms with Crippen molar-refractivity contribution in [2.24, 2.45) is 0 Å². The van der Waals surface area contributed by atoms with Crippen LogP contribution in [0.1, 0.15) is 11.7 Å². The van der Waals surface area contributed by atoms with Crippen molar-refractivity contribution < 1.29 is 4.52 Å². The first-order valence-electron chi connectivity index (χ1n) is 6.39. The Bertz CT molecular complexity index is 737. The maximum absolute atomic E-state index is 6.16. The first kappa shape index (κ1) is 12.4. The van der Waals surface area contributed by atoms with Gasteiger partial charge in [0, 0.05) is 43.1 Å². The van der Waals surface area contributed by atoms with E-state index in [1.165, 1.54) is 0 Å². The zero-order chi connectivity index (χ0) is 13.9. The molecule has 0 radical (unpaired) electrons. The summed E-state index contributed by atoms with van der Waals surface area (Å²) in [5.41, 5.74) is 7.80. The topological polar surface area (TPSA) is 89.9 Å². The van der Waals surface area contributed by atoms with Crippen LogP contribution in [0.5, 0.6) is 0 Å². The van der Waals surface area contributed by atoms with Gasteiger partial charge in [-0.3, -0.25) is 4.98 Å². The second-order valence-electron chi connectivity index (χ2n) is 4.53. The number of aryl methyl sites for hydroxylation is 1. The molecular formula is C14H15N5O. The van der Waals surface area contributed by atoms with E-state index in [1.807, 2.05) is 18.2 Å². The Morgan fingerprint density at radius 3 is 3.00 bits per heavy atom. The lowest BCUT2D eigenvalue weighted by atomic mass is 10.1. The summed E-state index contributed by atoms with van der Waals surface area (Å²) < 4.78 is 4.93. The summed E-state index contributed by atoms with van der Waals surface area (Å²) in [6.07, 6.45) is 4.23. The van der Waals surface area contributed by atoms with Crippen LogP contribution in [-0.4, -0.2) is 21.7 Å². The van der Waals surface area contributed by atoms with Crippen LogP contribution in [0.3, 0.4) is 0 Å². The van der Waals surface area contributed by atoms with Crippen molar-refractivity contribution in [3.8, 4) is 0 Å². The van der Waals surface area contributed by atoms with Crippen LogP contribution >= 0.6 is 0 Å². The van der Waals surface area contributed by atoms with Crippen LogP contribution in [0.2, 0.25) is 0 Å². The third kappa shape index (κ3) is 2.40. The molecule has 0 aliphatic rings. The van der Waals surface area contributed by atoms with Crippen molar-refractivity contribution in [2.75, 3.05) is 17.6 Å². The number of nitrogen functional groups attached to an aromatic ring is 1. The number of rotatable bonds is 4. The summed E-state index contributed by atoms with van der Waals surface area (Å²) in [5, 5.41) is 9.18. The predicted molar refractivity (Wildman–Crippen MR) is 77.4 cm³/mol. The van der Waals surface area contributed by atoms with Gasteiger partial charge in [0.2, 0.25) is 5.89 Å². The van der Waals surface area contributed by atoms with Gasteiger partial charge in [-0.1, -0.05) is 11.2 Å². The fourth-order valence-corrected chi connectivity index (χ4v) is 2.10. The van der Waals surface area contributed by atoms with Crippen molar-refractivity contribution in [1.82, 2.24) is 15.1 Å². The summed E-state index contributed by atoms with van der Waals surface area (Å²) in [7, 11) is 0. The molecule has 0 bridgehead atoms. The standard InChI is InChI=1S/C14H15N5O/c1-9-18-13(19-20-9)5-7-17-12-3-2-10-8-16-6-4-11(10)14(12)15/h2-4,6,8,17H,5,7,15H2,1H3. The molecule has 0 aliphatic carbocycles. The lowest BCUT2D eigenvalue weighted by molar-refractivity contribution is 0.387. The molecule has 20 heavy (non-hydrogen) atoms. The molecule has 0 aliphatic heterocycles. The van der Waals surface area contributed by atoms with Crippen LogP contribution in [0.15, 0.2) is 35.1 Å². The third-order valence-electron chi connectivity index (χ3n) is 3.10. The van der Waals surface area contributed by atoms with Crippen LogP contribution in [0.4, 0.5) is 11.4 Å². The Balaban J connectivity index is 1.73. The molecule has 0 saturated heterocycles. The summed E-state index contributed by atoms with van der Waals surface area (Å²) in [5.74, 6) is 1.27. The lowest BCUT2D eigenvalue weighted by Crippen LogP contribution is -2.08. The number of benzene rings is 1. The molecule has 3 aromatic rings. The molecule has 1 aromatic carbocycles. The number of anilines is 2. The van der Waals surface area contributed by atoms with Gasteiger partial charge in [-0.05, 0) is 12.1 Å². The van der Waals surface area contributed by atoms with Gasteiger partial charge in [-0.2, -0.15) is 4.98 Å². The Hall–Kier alpha value is -2.63. The normalized spacial score (nSPS) is 10.8. The molecule has 0 saturated carbocycles. The van der Waals surface area contributed by atoms with E-state index in [0.29, 0.717) is 24.7 Å². The first-order chi connectivity index (χ1) is 9.74. The minimum Gasteiger partial charge on any atom is -0.397 e. The number of nitrogens with one attached hydrogen (secondary N) is 1. The molecule has 2 heterocycles. The minimum absolute atomic E-state index is 0.581. The van der Waals surface area contributed by atoms with E-state index in [-0.39, 0.29) is 0 Å². The number of aromatic nitrogens is 3. The number of fused-ring (bicyclic) bond motifs is 1. The van der Waals surface area contributed by atoms with E-state index in [2.05, 4.69) is 20.4 Å². The van der Waals surface area contributed by atoms with Gasteiger partial charge in [0.25, 0.3) is 0 Å². The molecule has 102 valence electrons. The molecule has 3 rings (SSSR count). The summed E-state index contributed by atoms with van der Waals surface area (Å²) in [6, 6.07) is 5.87. The van der Waals surface area contributed by atoms with E-state index < -0.39 is 0 Å². The van der Waals surface area contributed by atoms with Crippen LogP contribution in [0.25, 0.3) is 10.8 Å². The van der Waals surface area contributed by atoms with E-state index >= 15 is 0 Å². The maximum Gasteiger partial charge on any atom is 0.223 e. The molecule has 3 N–H and O–H groups in total. The second kappa shape index (κ2) is 5.16. The molecule has 0 amide bonds. The number of nitrogens with zero attached hydrogens (tertiary/aromatic N) is 3. The molecule has 6 nitrogen and oxygen atoms in total. The maximum atomic E-state index is 6.16. The van der Waals surface area contributed by atoms with Crippen LogP contribution in [-0.2, 0) is 6.42 Å². The fourth-order valence-electron chi connectivity index (χ4n) is 2.10. The summed E-state index contributed by atoms with van der Waals surface area (Å²) in [6.45, 7) is 2.47. The Morgan fingerprint density at radius 1 is 1.30 bits per heavy atom. The fraction of sp³-hybridized carbons (Fsp3) is 0.214. The molecule has 0 spiro atoms. The third-order valence-corrected chi connectivity index (χ3v) is 3.10. The van der Waals surface area contributed by atoms with Crippen molar-refractivity contribution >= 4 is 22.1 Å². The van der Waals surface area contributed by atoms with Crippen LogP contribution < -0.4 is 11.1 Å². The van der Waals surface area contributed by atoms with Crippen molar-refractivity contribution in [3.63, 3.8) is 0 Å². The zero-order valence-electron chi connectivity index (χ0n) is 11.1. The lowest BCUT2D eigenvalue weighted by Gasteiger charge is -2.10. The number of hydrogen-bond acceptors (Lipinski definition) is 6. The highest BCUT2D eigenvalue weighted by Gasteiger charge is 2.05. The Kier molecular flexibility index (Phi) is 3.20. The predicted octanol–water partition coefficient (Wildman–Crippen LogP) is 2.16. The highest BCUT2D eigenvalue weighted by Crippen LogP contribution is 2.27.